The topological polar surface area (TPSA) is 80.9 Å². The molecule has 0 saturated carbocycles. The molecule has 1 amide bonds. The van der Waals surface area contributed by atoms with Crippen molar-refractivity contribution < 1.29 is 4.79 Å². The van der Waals surface area contributed by atoms with Gasteiger partial charge >= 0.3 is 0 Å². The molecule has 2 rings (SSSR count). The molecule has 0 unspecified atom stereocenters. The smallest absolute Gasteiger partial charge is 0.276 e. The minimum atomic E-state index is -0.304. The molecule has 0 aliphatic rings. The quantitative estimate of drug-likeness (QED) is 0.818. The SMILES string of the molecule is Cc1ccc(NC(=O)c2ccc(N)nn2)cc1. The van der Waals surface area contributed by atoms with Gasteiger partial charge in [0.15, 0.2) is 5.69 Å². The monoisotopic (exact) mass is 228 g/mol. The molecule has 5 heteroatoms. The van der Waals surface area contributed by atoms with E-state index in [4.69, 9.17) is 5.73 Å². The number of carbonyl (C=O) groups excluding carboxylic acids is 1. The van der Waals surface area contributed by atoms with Crippen molar-refractivity contribution in [3.8, 4) is 0 Å². The first-order valence-electron chi connectivity index (χ1n) is 5.12. The molecular weight excluding hydrogens is 216 g/mol. The van der Waals surface area contributed by atoms with E-state index in [0.717, 1.165) is 11.3 Å². The van der Waals surface area contributed by atoms with Gasteiger partial charge in [-0.05, 0) is 31.2 Å². The molecule has 1 heterocycles. The molecule has 0 bridgehead atoms. The van der Waals surface area contributed by atoms with E-state index in [1.54, 1.807) is 0 Å². The van der Waals surface area contributed by atoms with Crippen LogP contribution in [0.3, 0.4) is 0 Å². The summed E-state index contributed by atoms with van der Waals surface area (Å²) in [6.07, 6.45) is 0. The van der Waals surface area contributed by atoms with Crippen LogP contribution in [0.25, 0.3) is 0 Å². The van der Waals surface area contributed by atoms with Gasteiger partial charge < -0.3 is 11.1 Å². The van der Waals surface area contributed by atoms with Gasteiger partial charge in [-0.25, -0.2) is 0 Å². The van der Waals surface area contributed by atoms with E-state index < -0.39 is 0 Å². The van der Waals surface area contributed by atoms with Gasteiger partial charge in [-0.15, -0.1) is 10.2 Å². The van der Waals surface area contributed by atoms with Crippen molar-refractivity contribution in [3.05, 3.63) is 47.7 Å². The largest absolute Gasteiger partial charge is 0.382 e. The molecule has 0 saturated heterocycles. The Morgan fingerprint density at radius 2 is 1.82 bits per heavy atom. The average Bonchev–Trinajstić information content (AvgIpc) is 2.33. The predicted molar refractivity (Wildman–Crippen MR) is 65.6 cm³/mol. The Morgan fingerprint density at radius 1 is 1.12 bits per heavy atom. The van der Waals surface area contributed by atoms with E-state index in [2.05, 4.69) is 15.5 Å². The summed E-state index contributed by atoms with van der Waals surface area (Å²) < 4.78 is 0. The zero-order chi connectivity index (χ0) is 12.3. The van der Waals surface area contributed by atoms with E-state index >= 15 is 0 Å². The van der Waals surface area contributed by atoms with Crippen LogP contribution in [0.5, 0.6) is 0 Å². The first-order chi connectivity index (χ1) is 8.15. The highest BCUT2D eigenvalue weighted by Crippen LogP contribution is 2.10. The number of anilines is 2. The number of hydrogen-bond donors (Lipinski definition) is 2. The minimum absolute atomic E-state index is 0.236. The van der Waals surface area contributed by atoms with Gasteiger partial charge in [0.2, 0.25) is 0 Å². The third-order valence-electron chi connectivity index (χ3n) is 2.23. The third-order valence-corrected chi connectivity index (χ3v) is 2.23. The van der Waals surface area contributed by atoms with Gasteiger partial charge in [-0.1, -0.05) is 17.7 Å². The number of nitrogens with two attached hydrogens (primary N) is 1. The van der Waals surface area contributed by atoms with Crippen LogP contribution in [0.15, 0.2) is 36.4 Å². The molecule has 0 atom stereocenters. The van der Waals surface area contributed by atoms with Crippen LogP contribution in [0.2, 0.25) is 0 Å². The molecule has 17 heavy (non-hydrogen) atoms. The number of nitrogen functional groups attached to an aromatic ring is 1. The Morgan fingerprint density at radius 3 is 2.41 bits per heavy atom. The lowest BCUT2D eigenvalue weighted by molar-refractivity contribution is 0.102. The second-order valence-corrected chi connectivity index (χ2v) is 3.66. The van der Waals surface area contributed by atoms with Crippen LogP contribution in [-0.2, 0) is 0 Å². The Balaban J connectivity index is 2.11. The van der Waals surface area contributed by atoms with Crippen molar-refractivity contribution in [2.45, 2.75) is 6.92 Å². The van der Waals surface area contributed by atoms with E-state index in [9.17, 15) is 4.79 Å². The molecule has 1 aromatic carbocycles. The summed E-state index contributed by atoms with van der Waals surface area (Å²) in [5.41, 5.74) is 7.48. The Labute approximate surface area is 98.7 Å². The fourth-order valence-electron chi connectivity index (χ4n) is 1.30. The second-order valence-electron chi connectivity index (χ2n) is 3.66. The van der Waals surface area contributed by atoms with E-state index in [1.807, 2.05) is 31.2 Å². The molecule has 1 aromatic heterocycles. The maximum atomic E-state index is 11.8. The summed E-state index contributed by atoms with van der Waals surface area (Å²) in [5, 5.41) is 10.1. The highest BCUT2D eigenvalue weighted by molar-refractivity contribution is 6.02. The van der Waals surface area contributed by atoms with Gasteiger partial charge in [0.05, 0.1) is 0 Å². The molecule has 3 N–H and O–H groups in total. The maximum Gasteiger partial charge on any atom is 0.276 e. The molecule has 0 radical (unpaired) electrons. The number of aromatic nitrogens is 2. The summed E-state index contributed by atoms with van der Waals surface area (Å²) in [5.74, 6) is -0.0155. The van der Waals surface area contributed by atoms with E-state index in [-0.39, 0.29) is 17.4 Å². The summed E-state index contributed by atoms with van der Waals surface area (Å²) in [4.78, 5) is 11.8. The van der Waals surface area contributed by atoms with Crippen molar-refractivity contribution in [2.75, 3.05) is 11.1 Å². The lowest BCUT2D eigenvalue weighted by Crippen LogP contribution is -2.14. The minimum Gasteiger partial charge on any atom is -0.382 e. The van der Waals surface area contributed by atoms with Crippen LogP contribution in [0.1, 0.15) is 16.1 Å². The second kappa shape index (κ2) is 4.61. The molecule has 86 valence electrons. The van der Waals surface area contributed by atoms with Crippen LogP contribution in [0.4, 0.5) is 11.5 Å². The van der Waals surface area contributed by atoms with Gasteiger partial charge in [0.1, 0.15) is 5.82 Å². The summed E-state index contributed by atoms with van der Waals surface area (Å²) in [7, 11) is 0. The fourth-order valence-corrected chi connectivity index (χ4v) is 1.30. The normalized spacial score (nSPS) is 9.94. The number of hydrogen-bond acceptors (Lipinski definition) is 4. The Hall–Kier alpha value is -2.43. The first kappa shape index (κ1) is 11.1. The number of aryl methyl sites for hydroxylation is 1. The van der Waals surface area contributed by atoms with Crippen LogP contribution in [0, 0.1) is 6.92 Å². The number of rotatable bonds is 2. The third kappa shape index (κ3) is 2.78. The molecule has 0 aliphatic heterocycles. The lowest BCUT2D eigenvalue weighted by Gasteiger charge is -2.04. The average molecular weight is 228 g/mol. The number of carbonyl (C=O) groups is 1. The molecular formula is C12H12N4O. The summed E-state index contributed by atoms with van der Waals surface area (Å²) in [6.45, 7) is 1.98. The van der Waals surface area contributed by atoms with Gasteiger partial charge in [0, 0.05) is 5.69 Å². The molecule has 0 fully saturated rings. The summed E-state index contributed by atoms with van der Waals surface area (Å²) in [6, 6.07) is 10.6. The van der Waals surface area contributed by atoms with Crippen LogP contribution in [-0.4, -0.2) is 16.1 Å². The van der Waals surface area contributed by atoms with Gasteiger partial charge in [0.25, 0.3) is 5.91 Å². The van der Waals surface area contributed by atoms with Crippen LogP contribution < -0.4 is 11.1 Å². The van der Waals surface area contributed by atoms with Gasteiger partial charge in [-0.2, -0.15) is 0 Å². The Kier molecular flexibility index (Phi) is 3.00. The van der Waals surface area contributed by atoms with Crippen molar-refractivity contribution in [2.24, 2.45) is 0 Å². The van der Waals surface area contributed by atoms with E-state index in [1.165, 1.54) is 12.1 Å². The Bertz CT molecular complexity index is 519. The molecule has 5 nitrogen and oxygen atoms in total. The first-order valence-corrected chi connectivity index (χ1v) is 5.12. The standard InChI is InChI=1S/C12H12N4O/c1-8-2-4-9(5-3-8)14-12(17)10-6-7-11(13)16-15-10/h2-7H,1H3,(H2,13,16)(H,14,17). The summed E-state index contributed by atoms with van der Waals surface area (Å²) >= 11 is 0. The van der Waals surface area contributed by atoms with Crippen molar-refractivity contribution in [1.82, 2.24) is 10.2 Å². The zero-order valence-electron chi connectivity index (χ0n) is 9.34. The molecule has 2 aromatic rings. The number of nitrogens with zero attached hydrogens (tertiary/aromatic N) is 2. The fraction of sp³-hybridized carbons (Fsp3) is 0.0833. The predicted octanol–water partition coefficient (Wildman–Crippen LogP) is 1.62. The number of amides is 1. The maximum absolute atomic E-state index is 11.8. The number of nitrogens with one attached hydrogen (secondary N) is 1. The lowest BCUT2D eigenvalue weighted by atomic mass is 10.2. The van der Waals surface area contributed by atoms with Crippen LogP contribution >= 0.6 is 0 Å². The molecule has 0 aliphatic carbocycles. The number of benzene rings is 1. The van der Waals surface area contributed by atoms with Gasteiger partial charge in [-0.3, -0.25) is 4.79 Å². The highest BCUT2D eigenvalue weighted by atomic mass is 16.1. The van der Waals surface area contributed by atoms with E-state index in [0.29, 0.717) is 0 Å². The highest BCUT2D eigenvalue weighted by Gasteiger charge is 2.07. The van der Waals surface area contributed by atoms with Crippen molar-refractivity contribution >= 4 is 17.4 Å². The molecule has 0 spiro atoms. The van der Waals surface area contributed by atoms with Crippen molar-refractivity contribution in [3.63, 3.8) is 0 Å². The zero-order valence-corrected chi connectivity index (χ0v) is 9.34. The van der Waals surface area contributed by atoms with Crippen molar-refractivity contribution in [1.29, 1.82) is 0 Å².